The van der Waals surface area contributed by atoms with Crippen molar-refractivity contribution in [2.24, 2.45) is 0 Å². The van der Waals surface area contributed by atoms with Crippen molar-refractivity contribution in [3.8, 4) is 11.5 Å². The lowest BCUT2D eigenvalue weighted by atomic mass is 10.1. The van der Waals surface area contributed by atoms with Gasteiger partial charge in [0.1, 0.15) is 0 Å². The minimum absolute atomic E-state index is 0.169. The van der Waals surface area contributed by atoms with Crippen molar-refractivity contribution >= 4 is 18.1 Å². The Labute approximate surface area is 147 Å². The molecule has 2 aromatic carbocycles. The second-order valence-corrected chi connectivity index (χ2v) is 6.18. The topological polar surface area (TPSA) is 58.6 Å². The molecule has 1 aliphatic carbocycles. The van der Waals surface area contributed by atoms with Crippen LogP contribution in [0.2, 0.25) is 0 Å². The third kappa shape index (κ3) is 4.41. The molecule has 0 unspecified atom stereocenters. The van der Waals surface area contributed by atoms with Crippen molar-refractivity contribution in [1.82, 2.24) is 0 Å². The van der Waals surface area contributed by atoms with Crippen molar-refractivity contribution in [1.29, 1.82) is 0 Å². The molecule has 0 aliphatic heterocycles. The molecule has 0 heterocycles. The van der Waals surface area contributed by atoms with Crippen LogP contribution in [0, 0.1) is 0 Å². The smallest absolute Gasteiger partial charge is 0.162 e. The normalized spacial score (nSPS) is 14.8. The molecule has 130 valence electrons. The van der Waals surface area contributed by atoms with Gasteiger partial charge in [-0.3, -0.25) is 0 Å². The van der Waals surface area contributed by atoms with Crippen LogP contribution in [0.1, 0.15) is 47.2 Å². The van der Waals surface area contributed by atoms with Crippen LogP contribution in [-0.2, 0) is 0 Å². The number of methoxy groups -OCH3 is 1. The van der Waals surface area contributed by atoms with E-state index in [0.717, 1.165) is 35.5 Å². The largest absolute Gasteiger partial charge is 0.545 e. The van der Waals surface area contributed by atoms with Crippen LogP contribution >= 0.6 is 0 Å². The predicted molar refractivity (Wildman–Crippen MR) is 95.6 cm³/mol. The number of hydrogen-bond acceptors (Lipinski definition) is 4. The summed E-state index contributed by atoms with van der Waals surface area (Å²) in [5.41, 5.74) is 1.94. The summed E-state index contributed by atoms with van der Waals surface area (Å²) in [7, 11) is 1.64. The zero-order valence-corrected chi connectivity index (χ0v) is 14.2. The molecule has 0 N–H and O–H groups in total. The molecule has 0 atom stereocenters. The van der Waals surface area contributed by atoms with Crippen molar-refractivity contribution < 1.29 is 19.4 Å². The molecule has 1 aliphatic rings. The Morgan fingerprint density at radius 1 is 1.04 bits per heavy atom. The van der Waals surface area contributed by atoms with Crippen LogP contribution in [0.25, 0.3) is 12.2 Å². The Morgan fingerprint density at radius 3 is 2.44 bits per heavy atom. The molecule has 3 rings (SSSR count). The number of aromatic carboxylic acids is 1. The number of rotatable bonds is 6. The zero-order valence-electron chi connectivity index (χ0n) is 14.2. The number of hydrogen-bond donors (Lipinski definition) is 0. The molecule has 0 amide bonds. The van der Waals surface area contributed by atoms with E-state index < -0.39 is 5.97 Å². The van der Waals surface area contributed by atoms with Gasteiger partial charge in [-0.25, -0.2) is 0 Å². The summed E-state index contributed by atoms with van der Waals surface area (Å²) in [5.74, 6) is 0.301. The highest BCUT2D eigenvalue weighted by Crippen LogP contribution is 2.32. The highest BCUT2D eigenvalue weighted by molar-refractivity contribution is 5.87. The summed E-state index contributed by atoms with van der Waals surface area (Å²) >= 11 is 0. The van der Waals surface area contributed by atoms with Gasteiger partial charge in [0, 0.05) is 0 Å². The van der Waals surface area contributed by atoms with Gasteiger partial charge in [0.2, 0.25) is 0 Å². The van der Waals surface area contributed by atoms with Gasteiger partial charge in [0.05, 0.1) is 19.2 Å². The molecule has 0 radical (unpaired) electrons. The molecular weight excluding hydrogens is 316 g/mol. The highest BCUT2D eigenvalue weighted by atomic mass is 16.5. The number of ether oxygens (including phenoxy) is 2. The van der Waals surface area contributed by atoms with Gasteiger partial charge in [0.15, 0.2) is 11.5 Å². The van der Waals surface area contributed by atoms with Gasteiger partial charge in [-0.15, -0.1) is 0 Å². The van der Waals surface area contributed by atoms with E-state index in [1.165, 1.54) is 18.9 Å². The van der Waals surface area contributed by atoms with Crippen molar-refractivity contribution in [3.63, 3.8) is 0 Å². The van der Waals surface area contributed by atoms with Gasteiger partial charge in [-0.1, -0.05) is 36.4 Å². The van der Waals surface area contributed by atoms with Crippen molar-refractivity contribution in [3.05, 3.63) is 59.2 Å². The minimum Gasteiger partial charge on any atom is -0.545 e. The minimum atomic E-state index is -1.17. The number of carboxylic acid groups (broad SMARTS) is 1. The third-order valence-electron chi connectivity index (χ3n) is 4.37. The molecule has 0 saturated heterocycles. The van der Waals surface area contributed by atoms with Crippen LogP contribution < -0.4 is 14.6 Å². The molecule has 0 bridgehead atoms. The maximum atomic E-state index is 10.9. The molecule has 1 saturated carbocycles. The predicted octanol–water partition coefficient (Wildman–Crippen LogP) is 3.55. The molecule has 4 nitrogen and oxygen atoms in total. The first kappa shape index (κ1) is 17.1. The van der Waals surface area contributed by atoms with Crippen LogP contribution in [-0.4, -0.2) is 19.2 Å². The van der Waals surface area contributed by atoms with Crippen LogP contribution in [0.5, 0.6) is 11.5 Å². The second kappa shape index (κ2) is 7.88. The molecule has 4 heteroatoms. The number of benzene rings is 2. The standard InChI is InChI=1S/C21H22O4/c1-24-19-12-11-16(14-20(19)25-18-7-2-3-8-18)10-9-15-5-4-6-17(13-15)21(22)23/h4-6,9-14,18H,2-3,7-8H2,1H3,(H,22,23)/p-1. The maximum absolute atomic E-state index is 10.9. The fourth-order valence-electron chi connectivity index (χ4n) is 3.04. The van der Waals surface area contributed by atoms with E-state index in [4.69, 9.17) is 9.47 Å². The number of carbonyl (C=O) groups excluding carboxylic acids is 1. The lowest BCUT2D eigenvalue weighted by Crippen LogP contribution is -2.22. The summed E-state index contributed by atoms with van der Waals surface area (Å²) in [4.78, 5) is 10.9. The van der Waals surface area contributed by atoms with Gasteiger partial charge >= 0.3 is 0 Å². The first-order chi connectivity index (χ1) is 12.2. The SMILES string of the molecule is COc1ccc(C=Cc2cccc(C(=O)[O-])c2)cc1OC1CCCC1. The average molecular weight is 337 g/mol. The van der Waals surface area contributed by atoms with Crippen molar-refractivity contribution in [2.45, 2.75) is 31.8 Å². The van der Waals surface area contributed by atoms with E-state index in [2.05, 4.69) is 0 Å². The van der Waals surface area contributed by atoms with E-state index in [9.17, 15) is 9.90 Å². The van der Waals surface area contributed by atoms with Crippen LogP contribution in [0.4, 0.5) is 0 Å². The van der Waals surface area contributed by atoms with Gasteiger partial charge in [-0.05, 0) is 60.6 Å². The van der Waals surface area contributed by atoms with Crippen molar-refractivity contribution in [2.75, 3.05) is 7.11 Å². The Hall–Kier alpha value is -2.75. The Kier molecular flexibility index (Phi) is 5.39. The molecule has 0 aromatic heterocycles. The lowest BCUT2D eigenvalue weighted by Gasteiger charge is -2.16. The van der Waals surface area contributed by atoms with Gasteiger partial charge in [-0.2, -0.15) is 0 Å². The summed E-state index contributed by atoms with van der Waals surface area (Å²) in [6.45, 7) is 0. The van der Waals surface area contributed by atoms with E-state index in [-0.39, 0.29) is 11.7 Å². The first-order valence-corrected chi connectivity index (χ1v) is 8.50. The van der Waals surface area contributed by atoms with E-state index in [1.54, 1.807) is 19.2 Å². The summed E-state index contributed by atoms with van der Waals surface area (Å²) < 4.78 is 11.5. The summed E-state index contributed by atoms with van der Waals surface area (Å²) in [6, 6.07) is 12.5. The Balaban J connectivity index is 1.79. The fraction of sp³-hybridized carbons (Fsp3) is 0.286. The van der Waals surface area contributed by atoms with E-state index in [0.29, 0.717) is 0 Å². The quantitative estimate of drug-likeness (QED) is 0.756. The Morgan fingerprint density at radius 2 is 1.76 bits per heavy atom. The van der Waals surface area contributed by atoms with E-state index in [1.807, 2.05) is 36.4 Å². The van der Waals surface area contributed by atoms with Crippen LogP contribution in [0.15, 0.2) is 42.5 Å². The summed E-state index contributed by atoms with van der Waals surface area (Å²) in [5, 5.41) is 10.9. The monoisotopic (exact) mass is 337 g/mol. The third-order valence-corrected chi connectivity index (χ3v) is 4.37. The van der Waals surface area contributed by atoms with Crippen LogP contribution in [0.3, 0.4) is 0 Å². The number of carboxylic acids is 1. The maximum Gasteiger partial charge on any atom is 0.162 e. The molecule has 2 aromatic rings. The molecule has 0 spiro atoms. The number of carbonyl (C=O) groups is 1. The summed E-state index contributed by atoms with van der Waals surface area (Å²) in [6.07, 6.45) is 8.64. The Bertz CT molecular complexity index is 773. The van der Waals surface area contributed by atoms with E-state index >= 15 is 0 Å². The molecule has 25 heavy (non-hydrogen) atoms. The lowest BCUT2D eigenvalue weighted by molar-refractivity contribution is -0.255. The van der Waals surface area contributed by atoms with Gasteiger partial charge in [0.25, 0.3) is 0 Å². The fourth-order valence-corrected chi connectivity index (χ4v) is 3.04. The zero-order chi connectivity index (χ0) is 17.6. The molecule has 1 fully saturated rings. The average Bonchev–Trinajstić information content (AvgIpc) is 3.13. The molecular formula is C21H21O4-. The van der Waals surface area contributed by atoms with Gasteiger partial charge < -0.3 is 19.4 Å². The second-order valence-electron chi connectivity index (χ2n) is 6.18. The highest BCUT2D eigenvalue weighted by Gasteiger charge is 2.18. The first-order valence-electron chi connectivity index (χ1n) is 8.50.